The topological polar surface area (TPSA) is 94.5 Å². The van der Waals surface area contributed by atoms with E-state index in [0.29, 0.717) is 41.1 Å². The van der Waals surface area contributed by atoms with Crippen LogP contribution in [0, 0.1) is 24.7 Å². The molecule has 0 spiro atoms. The van der Waals surface area contributed by atoms with Gasteiger partial charge in [0, 0.05) is 60.5 Å². The number of hydrogen-bond acceptors (Lipinski definition) is 6. The summed E-state index contributed by atoms with van der Waals surface area (Å²) in [7, 11) is 0. The molecule has 0 amide bonds. The van der Waals surface area contributed by atoms with E-state index in [1.54, 1.807) is 32.4 Å². The second-order valence-electron chi connectivity index (χ2n) is 7.42. The van der Waals surface area contributed by atoms with Gasteiger partial charge in [0.1, 0.15) is 0 Å². The van der Waals surface area contributed by atoms with Gasteiger partial charge in [-0.25, -0.2) is 0 Å². The standard InChI is InChI=1S/C21H20F3N7/c1-12-13(2)19(29-31(18(12)25)20(26)21(22,23)24)30-7-5-17-16(11-30)8-15(10-28-17)14-4-3-6-27-9-14/h3-4,6,8-10,25-26H,5,7,11H2,1-2H3. The monoisotopic (exact) mass is 427 g/mol. The molecule has 0 radical (unpaired) electrons. The number of aromatic nitrogens is 4. The summed E-state index contributed by atoms with van der Waals surface area (Å²) >= 11 is 0. The minimum absolute atomic E-state index is 0.333. The molecule has 3 aromatic heterocycles. The first-order chi connectivity index (χ1) is 14.7. The van der Waals surface area contributed by atoms with E-state index in [-0.39, 0.29) is 0 Å². The van der Waals surface area contributed by atoms with Gasteiger partial charge in [-0.05, 0) is 37.1 Å². The third-order valence-corrected chi connectivity index (χ3v) is 5.47. The van der Waals surface area contributed by atoms with E-state index >= 15 is 0 Å². The number of nitrogens with zero attached hydrogens (tertiary/aromatic N) is 5. The third kappa shape index (κ3) is 3.80. The molecule has 31 heavy (non-hydrogen) atoms. The van der Waals surface area contributed by atoms with Crippen LogP contribution in [0.2, 0.25) is 0 Å². The molecule has 4 heterocycles. The molecule has 0 saturated carbocycles. The number of pyridine rings is 2. The number of anilines is 1. The molecule has 0 aliphatic carbocycles. The van der Waals surface area contributed by atoms with Crippen molar-refractivity contribution in [3.05, 3.63) is 64.7 Å². The zero-order valence-electron chi connectivity index (χ0n) is 17.0. The van der Waals surface area contributed by atoms with Gasteiger partial charge in [0.25, 0.3) is 0 Å². The van der Waals surface area contributed by atoms with E-state index in [1.165, 1.54) is 0 Å². The Morgan fingerprint density at radius 1 is 1.13 bits per heavy atom. The first-order valence-corrected chi connectivity index (χ1v) is 9.61. The van der Waals surface area contributed by atoms with Crippen LogP contribution in [0.4, 0.5) is 19.0 Å². The third-order valence-electron chi connectivity index (χ3n) is 5.47. The van der Waals surface area contributed by atoms with Crippen LogP contribution in [0.3, 0.4) is 0 Å². The highest BCUT2D eigenvalue weighted by atomic mass is 19.4. The molecule has 0 aromatic carbocycles. The number of fused-ring (bicyclic) bond motifs is 1. The SMILES string of the molecule is Cc1c(N2CCc3ncc(-c4cccnc4)cc3C2)nn(C(=N)C(F)(F)F)c(=N)c1C. The highest BCUT2D eigenvalue weighted by Crippen LogP contribution is 2.28. The minimum Gasteiger partial charge on any atom is -0.350 e. The maximum absolute atomic E-state index is 13.1. The van der Waals surface area contributed by atoms with Crippen molar-refractivity contribution in [2.45, 2.75) is 33.0 Å². The van der Waals surface area contributed by atoms with Crippen molar-refractivity contribution in [1.29, 1.82) is 10.8 Å². The zero-order chi connectivity index (χ0) is 22.3. The summed E-state index contributed by atoms with van der Waals surface area (Å²) in [5, 5.41) is 19.5. The molecule has 0 unspecified atom stereocenters. The fourth-order valence-corrected chi connectivity index (χ4v) is 3.60. The Balaban J connectivity index is 1.73. The van der Waals surface area contributed by atoms with Gasteiger partial charge in [-0.1, -0.05) is 6.07 Å². The van der Waals surface area contributed by atoms with Crippen LogP contribution in [-0.2, 0) is 13.0 Å². The number of halogens is 3. The minimum atomic E-state index is -4.90. The van der Waals surface area contributed by atoms with Gasteiger partial charge in [0.2, 0.25) is 5.84 Å². The second-order valence-corrected chi connectivity index (χ2v) is 7.42. The molecule has 0 fully saturated rings. The quantitative estimate of drug-likeness (QED) is 0.484. The highest BCUT2D eigenvalue weighted by molar-refractivity contribution is 5.86. The summed E-state index contributed by atoms with van der Waals surface area (Å²) < 4.78 is 39.7. The van der Waals surface area contributed by atoms with Crippen LogP contribution in [-0.4, -0.2) is 38.3 Å². The Morgan fingerprint density at radius 3 is 2.58 bits per heavy atom. The summed E-state index contributed by atoms with van der Waals surface area (Å²) in [6.07, 6.45) is 0.952. The fourth-order valence-electron chi connectivity index (χ4n) is 3.60. The van der Waals surface area contributed by atoms with Crippen LogP contribution in [0.1, 0.15) is 22.4 Å². The number of hydrogen-bond donors (Lipinski definition) is 2. The van der Waals surface area contributed by atoms with Gasteiger partial charge in [-0.15, -0.1) is 5.10 Å². The fraction of sp³-hybridized carbons (Fsp3) is 0.286. The Labute approximate surface area is 176 Å². The second kappa shape index (κ2) is 7.60. The molecule has 160 valence electrons. The lowest BCUT2D eigenvalue weighted by Gasteiger charge is -2.31. The number of rotatable bonds is 2. The zero-order valence-corrected chi connectivity index (χ0v) is 17.0. The molecule has 2 N–H and O–H groups in total. The first-order valence-electron chi connectivity index (χ1n) is 9.61. The molecule has 10 heteroatoms. The largest absolute Gasteiger partial charge is 0.451 e. The molecule has 3 aromatic rings. The maximum Gasteiger partial charge on any atom is 0.451 e. The van der Waals surface area contributed by atoms with Crippen LogP contribution in [0.25, 0.3) is 11.1 Å². The lowest BCUT2D eigenvalue weighted by atomic mass is 10.0. The summed E-state index contributed by atoms with van der Waals surface area (Å²) in [5.41, 5.74) is 4.26. The lowest BCUT2D eigenvalue weighted by Crippen LogP contribution is -2.42. The van der Waals surface area contributed by atoms with Gasteiger partial charge in [-0.2, -0.15) is 17.9 Å². The van der Waals surface area contributed by atoms with Crippen molar-refractivity contribution in [3.8, 4) is 11.1 Å². The van der Waals surface area contributed by atoms with Crippen molar-refractivity contribution < 1.29 is 13.2 Å². The van der Waals surface area contributed by atoms with E-state index < -0.39 is 17.5 Å². The van der Waals surface area contributed by atoms with Crippen LogP contribution in [0.5, 0.6) is 0 Å². The summed E-state index contributed by atoms with van der Waals surface area (Å²) in [5.74, 6) is -1.35. The van der Waals surface area contributed by atoms with Crippen molar-refractivity contribution >= 4 is 11.7 Å². The van der Waals surface area contributed by atoms with Crippen molar-refractivity contribution in [3.63, 3.8) is 0 Å². The van der Waals surface area contributed by atoms with E-state index in [9.17, 15) is 13.2 Å². The molecule has 1 aliphatic heterocycles. The molecule has 0 bridgehead atoms. The molecule has 7 nitrogen and oxygen atoms in total. The number of nitrogens with one attached hydrogen (secondary N) is 2. The molecule has 1 aliphatic rings. The van der Waals surface area contributed by atoms with Gasteiger partial charge in [0.05, 0.1) is 0 Å². The van der Waals surface area contributed by atoms with Gasteiger partial charge < -0.3 is 4.90 Å². The molecular weight excluding hydrogens is 407 g/mol. The van der Waals surface area contributed by atoms with Crippen molar-refractivity contribution in [2.24, 2.45) is 0 Å². The maximum atomic E-state index is 13.1. The average molecular weight is 427 g/mol. The summed E-state index contributed by atoms with van der Waals surface area (Å²) in [6.45, 7) is 4.25. The van der Waals surface area contributed by atoms with Crippen LogP contribution >= 0.6 is 0 Å². The predicted molar refractivity (Wildman–Crippen MR) is 109 cm³/mol. The highest BCUT2D eigenvalue weighted by Gasteiger charge is 2.38. The van der Waals surface area contributed by atoms with Crippen molar-refractivity contribution in [2.75, 3.05) is 11.4 Å². The Bertz CT molecular complexity index is 1220. The van der Waals surface area contributed by atoms with Gasteiger partial charge in [0.15, 0.2) is 11.3 Å². The molecule has 4 rings (SSSR count). The predicted octanol–water partition coefficient (Wildman–Crippen LogP) is 3.39. The number of alkyl halides is 3. The Morgan fingerprint density at radius 2 is 1.90 bits per heavy atom. The Hall–Kier alpha value is -3.56. The first kappa shape index (κ1) is 20.7. The summed E-state index contributed by atoms with van der Waals surface area (Å²) in [6, 6.07) is 5.79. The molecular formula is C21H20F3N7. The van der Waals surface area contributed by atoms with E-state index in [0.717, 1.165) is 22.4 Å². The normalized spacial score (nSPS) is 13.8. The van der Waals surface area contributed by atoms with Gasteiger partial charge in [-0.3, -0.25) is 20.8 Å². The van der Waals surface area contributed by atoms with E-state index in [2.05, 4.69) is 15.1 Å². The van der Waals surface area contributed by atoms with Gasteiger partial charge >= 0.3 is 6.18 Å². The van der Waals surface area contributed by atoms with Crippen LogP contribution < -0.4 is 10.4 Å². The average Bonchev–Trinajstić information content (AvgIpc) is 2.76. The van der Waals surface area contributed by atoms with E-state index in [4.69, 9.17) is 10.8 Å². The smallest absolute Gasteiger partial charge is 0.350 e. The van der Waals surface area contributed by atoms with E-state index in [1.807, 2.05) is 23.1 Å². The Kier molecular flexibility index (Phi) is 5.08. The molecule has 0 atom stereocenters. The van der Waals surface area contributed by atoms with Crippen molar-refractivity contribution in [1.82, 2.24) is 19.7 Å². The van der Waals surface area contributed by atoms with Crippen LogP contribution in [0.15, 0.2) is 36.8 Å². The molecule has 0 saturated heterocycles. The summed E-state index contributed by atoms with van der Waals surface area (Å²) in [4.78, 5) is 10.6. The lowest BCUT2D eigenvalue weighted by molar-refractivity contribution is -0.0632.